The lowest BCUT2D eigenvalue weighted by Crippen LogP contribution is -2.07. The Kier molecular flexibility index (Phi) is 1.39. The van der Waals surface area contributed by atoms with Crippen LogP contribution < -0.4 is 0 Å². The molecule has 0 unspecified atom stereocenters. The molecule has 1 heterocycles. The number of ether oxygens (including phenoxy) is 1. The normalized spacial score (nSPS) is 17.9. The highest BCUT2D eigenvalue weighted by Gasteiger charge is 2.25. The molecule has 0 N–H and O–H groups in total. The van der Waals surface area contributed by atoms with Crippen LogP contribution in [0.25, 0.3) is 5.57 Å². The second kappa shape index (κ2) is 2.58. The lowest BCUT2D eigenvalue weighted by Gasteiger charge is -2.14. The SMILES string of the molecule is O=C1C=C2OCC=C2c2ccccc21. The summed E-state index contributed by atoms with van der Waals surface area (Å²) in [5.41, 5.74) is 2.82. The molecule has 2 aliphatic rings. The van der Waals surface area contributed by atoms with Crippen LogP contribution in [0.3, 0.4) is 0 Å². The molecule has 68 valence electrons. The van der Waals surface area contributed by atoms with Gasteiger partial charge in [0.15, 0.2) is 5.78 Å². The zero-order valence-electron chi connectivity index (χ0n) is 7.49. The fraction of sp³-hybridized carbons (Fsp3) is 0.0833. The van der Waals surface area contributed by atoms with E-state index in [-0.39, 0.29) is 5.78 Å². The molecular formula is C12H8O2. The van der Waals surface area contributed by atoms with E-state index in [4.69, 9.17) is 4.74 Å². The highest BCUT2D eigenvalue weighted by Crippen LogP contribution is 2.34. The molecule has 2 nitrogen and oxygen atoms in total. The number of carbonyl (C=O) groups excluding carboxylic acids is 1. The lowest BCUT2D eigenvalue weighted by molar-refractivity contribution is 0.104. The van der Waals surface area contributed by atoms with Crippen molar-refractivity contribution in [2.45, 2.75) is 0 Å². The zero-order valence-corrected chi connectivity index (χ0v) is 7.49. The van der Waals surface area contributed by atoms with Crippen molar-refractivity contribution in [1.82, 2.24) is 0 Å². The molecule has 0 bridgehead atoms. The Morgan fingerprint density at radius 3 is 2.79 bits per heavy atom. The highest BCUT2D eigenvalue weighted by molar-refractivity contribution is 6.13. The number of benzene rings is 1. The van der Waals surface area contributed by atoms with E-state index in [9.17, 15) is 4.79 Å². The van der Waals surface area contributed by atoms with E-state index in [0.29, 0.717) is 12.4 Å². The van der Waals surface area contributed by atoms with Gasteiger partial charge in [-0.25, -0.2) is 0 Å². The summed E-state index contributed by atoms with van der Waals surface area (Å²) in [6, 6.07) is 7.63. The summed E-state index contributed by atoms with van der Waals surface area (Å²) in [4.78, 5) is 11.6. The third kappa shape index (κ3) is 0.880. The Morgan fingerprint density at radius 2 is 1.93 bits per heavy atom. The second-order valence-corrected chi connectivity index (χ2v) is 3.35. The van der Waals surface area contributed by atoms with Crippen LogP contribution in [0, 0.1) is 0 Å². The first-order chi connectivity index (χ1) is 6.86. The Bertz CT molecular complexity index is 481. The molecule has 14 heavy (non-hydrogen) atoms. The van der Waals surface area contributed by atoms with Crippen molar-refractivity contribution in [2.75, 3.05) is 6.61 Å². The molecule has 0 saturated carbocycles. The van der Waals surface area contributed by atoms with Gasteiger partial charge >= 0.3 is 0 Å². The van der Waals surface area contributed by atoms with E-state index in [1.54, 1.807) is 6.08 Å². The van der Waals surface area contributed by atoms with Gasteiger partial charge in [-0.15, -0.1) is 0 Å². The number of rotatable bonds is 0. The largest absolute Gasteiger partial charge is 0.489 e. The third-order valence-corrected chi connectivity index (χ3v) is 2.54. The molecule has 0 aromatic heterocycles. The summed E-state index contributed by atoms with van der Waals surface area (Å²) in [6.45, 7) is 0.572. The van der Waals surface area contributed by atoms with Gasteiger partial charge in [-0.05, 0) is 11.6 Å². The summed E-state index contributed by atoms with van der Waals surface area (Å²) < 4.78 is 5.33. The van der Waals surface area contributed by atoms with Crippen LogP contribution in [0.5, 0.6) is 0 Å². The highest BCUT2D eigenvalue weighted by atomic mass is 16.5. The van der Waals surface area contributed by atoms with Crippen LogP contribution in [0.2, 0.25) is 0 Å². The Hall–Kier alpha value is -1.83. The number of fused-ring (bicyclic) bond motifs is 3. The van der Waals surface area contributed by atoms with E-state index in [1.807, 2.05) is 30.3 Å². The van der Waals surface area contributed by atoms with Crippen molar-refractivity contribution in [1.29, 1.82) is 0 Å². The van der Waals surface area contributed by atoms with Gasteiger partial charge < -0.3 is 4.74 Å². The molecule has 1 aliphatic carbocycles. The van der Waals surface area contributed by atoms with Gasteiger partial charge in [0, 0.05) is 17.2 Å². The van der Waals surface area contributed by atoms with Gasteiger partial charge in [-0.1, -0.05) is 24.3 Å². The van der Waals surface area contributed by atoms with Crippen LogP contribution in [0.1, 0.15) is 15.9 Å². The number of carbonyl (C=O) groups is 1. The maximum absolute atomic E-state index is 11.6. The van der Waals surface area contributed by atoms with Gasteiger partial charge in [0.2, 0.25) is 0 Å². The molecule has 0 radical (unpaired) electrons. The van der Waals surface area contributed by atoms with E-state index < -0.39 is 0 Å². The average molecular weight is 184 g/mol. The van der Waals surface area contributed by atoms with Crippen LogP contribution in [0.4, 0.5) is 0 Å². The number of hydrogen-bond acceptors (Lipinski definition) is 2. The van der Waals surface area contributed by atoms with Crippen LogP contribution in [-0.2, 0) is 4.74 Å². The molecule has 0 fully saturated rings. The van der Waals surface area contributed by atoms with Crippen LogP contribution >= 0.6 is 0 Å². The summed E-state index contributed by atoms with van der Waals surface area (Å²) in [6.07, 6.45) is 3.58. The first kappa shape index (κ1) is 7.56. The first-order valence-electron chi connectivity index (χ1n) is 4.55. The monoisotopic (exact) mass is 184 g/mol. The lowest BCUT2D eigenvalue weighted by atomic mass is 9.91. The summed E-state index contributed by atoms with van der Waals surface area (Å²) in [7, 11) is 0. The molecule has 3 rings (SSSR count). The minimum Gasteiger partial charge on any atom is -0.489 e. The molecule has 1 aromatic rings. The first-order valence-corrected chi connectivity index (χ1v) is 4.55. The predicted octanol–water partition coefficient (Wildman–Crippen LogP) is 2.18. The molecule has 0 spiro atoms. The molecule has 0 saturated heterocycles. The Labute approximate surface area is 81.5 Å². The van der Waals surface area contributed by atoms with Gasteiger partial charge in [-0.2, -0.15) is 0 Å². The summed E-state index contributed by atoms with van der Waals surface area (Å²) in [5, 5.41) is 0. The van der Waals surface area contributed by atoms with E-state index in [0.717, 1.165) is 16.7 Å². The van der Waals surface area contributed by atoms with Crippen LogP contribution in [0.15, 0.2) is 42.2 Å². The van der Waals surface area contributed by atoms with Gasteiger partial charge in [0.1, 0.15) is 12.4 Å². The topological polar surface area (TPSA) is 26.3 Å². The van der Waals surface area contributed by atoms with Gasteiger partial charge in [0.05, 0.1) is 0 Å². The van der Waals surface area contributed by atoms with Crippen molar-refractivity contribution in [3.05, 3.63) is 53.3 Å². The molecule has 0 amide bonds. The number of allylic oxidation sites excluding steroid dienone is 2. The molecule has 1 aromatic carbocycles. The predicted molar refractivity (Wildman–Crippen MR) is 52.8 cm³/mol. The van der Waals surface area contributed by atoms with Crippen molar-refractivity contribution < 1.29 is 9.53 Å². The van der Waals surface area contributed by atoms with Crippen molar-refractivity contribution in [3.63, 3.8) is 0 Å². The minimum atomic E-state index is 0.0367. The molecule has 0 atom stereocenters. The van der Waals surface area contributed by atoms with E-state index in [2.05, 4.69) is 0 Å². The maximum Gasteiger partial charge on any atom is 0.190 e. The zero-order chi connectivity index (χ0) is 9.54. The molecular weight excluding hydrogens is 176 g/mol. The smallest absolute Gasteiger partial charge is 0.190 e. The number of hydrogen-bond donors (Lipinski definition) is 0. The third-order valence-electron chi connectivity index (χ3n) is 2.54. The average Bonchev–Trinajstić information content (AvgIpc) is 2.66. The van der Waals surface area contributed by atoms with Gasteiger partial charge in [-0.3, -0.25) is 4.79 Å². The standard InChI is InChI=1S/C12H8O2/c13-11-7-12-10(5-6-14-12)8-3-1-2-4-9(8)11/h1-5,7H,6H2. The fourth-order valence-corrected chi connectivity index (χ4v) is 1.88. The summed E-state index contributed by atoms with van der Waals surface area (Å²) in [5.74, 6) is 0.753. The summed E-state index contributed by atoms with van der Waals surface area (Å²) >= 11 is 0. The second-order valence-electron chi connectivity index (χ2n) is 3.35. The van der Waals surface area contributed by atoms with Crippen LogP contribution in [-0.4, -0.2) is 12.4 Å². The Morgan fingerprint density at radius 1 is 1.14 bits per heavy atom. The van der Waals surface area contributed by atoms with Crippen molar-refractivity contribution >= 4 is 11.4 Å². The fourth-order valence-electron chi connectivity index (χ4n) is 1.88. The van der Waals surface area contributed by atoms with Crippen molar-refractivity contribution in [3.8, 4) is 0 Å². The molecule has 2 heteroatoms. The Balaban J connectivity index is 2.30. The maximum atomic E-state index is 11.6. The quantitative estimate of drug-likeness (QED) is 0.617. The van der Waals surface area contributed by atoms with Gasteiger partial charge in [0.25, 0.3) is 0 Å². The number of ketones is 1. The minimum absolute atomic E-state index is 0.0367. The van der Waals surface area contributed by atoms with E-state index >= 15 is 0 Å². The van der Waals surface area contributed by atoms with Crippen molar-refractivity contribution in [2.24, 2.45) is 0 Å². The molecule has 1 aliphatic heterocycles. The van der Waals surface area contributed by atoms with E-state index in [1.165, 1.54) is 0 Å².